The summed E-state index contributed by atoms with van der Waals surface area (Å²) >= 11 is 0. The average molecular weight is 349 g/mol. The number of nitrogens with one attached hydrogen (secondary N) is 1. The van der Waals surface area contributed by atoms with Crippen LogP contribution in [0.15, 0.2) is 60.8 Å². The standard InChI is InChI=1S/C21H23N3O2/c1-3-20-19(14-22-24(20)15-16-8-6-5-7-9-16)21(25)23-17-10-12-18(13-11-17)26-4-2/h5-14H,3-4,15H2,1-2H3,(H,23,25). The lowest BCUT2D eigenvalue weighted by atomic mass is 10.1. The zero-order valence-corrected chi connectivity index (χ0v) is 15.1. The molecule has 0 aliphatic heterocycles. The van der Waals surface area contributed by atoms with Gasteiger partial charge in [0.25, 0.3) is 5.91 Å². The van der Waals surface area contributed by atoms with E-state index in [1.807, 2.05) is 61.0 Å². The van der Waals surface area contributed by atoms with Gasteiger partial charge in [0.1, 0.15) is 5.75 Å². The summed E-state index contributed by atoms with van der Waals surface area (Å²) in [6, 6.07) is 17.5. The Morgan fingerprint density at radius 1 is 1.08 bits per heavy atom. The number of nitrogens with zero attached hydrogens (tertiary/aromatic N) is 2. The zero-order chi connectivity index (χ0) is 18.4. The maximum absolute atomic E-state index is 12.7. The molecule has 0 fully saturated rings. The van der Waals surface area contributed by atoms with Crippen molar-refractivity contribution in [3.05, 3.63) is 77.6 Å². The van der Waals surface area contributed by atoms with Gasteiger partial charge >= 0.3 is 0 Å². The molecule has 2 aromatic carbocycles. The van der Waals surface area contributed by atoms with E-state index in [1.165, 1.54) is 0 Å². The van der Waals surface area contributed by atoms with Gasteiger partial charge in [-0.05, 0) is 43.2 Å². The average Bonchev–Trinajstić information content (AvgIpc) is 3.07. The Kier molecular flexibility index (Phi) is 5.69. The summed E-state index contributed by atoms with van der Waals surface area (Å²) in [5.74, 6) is 0.640. The second-order valence-corrected chi connectivity index (χ2v) is 5.91. The molecule has 3 rings (SSSR count). The summed E-state index contributed by atoms with van der Waals surface area (Å²) < 4.78 is 7.31. The van der Waals surface area contributed by atoms with Crippen LogP contribution in [-0.2, 0) is 13.0 Å². The molecule has 1 heterocycles. The largest absolute Gasteiger partial charge is 0.494 e. The van der Waals surface area contributed by atoms with Crippen molar-refractivity contribution in [2.75, 3.05) is 11.9 Å². The SMILES string of the molecule is CCOc1ccc(NC(=O)c2cnn(Cc3ccccc3)c2CC)cc1. The van der Waals surface area contributed by atoms with Gasteiger partial charge in [0.15, 0.2) is 0 Å². The fourth-order valence-corrected chi connectivity index (χ4v) is 2.87. The van der Waals surface area contributed by atoms with E-state index >= 15 is 0 Å². The lowest BCUT2D eigenvalue weighted by molar-refractivity contribution is 0.102. The smallest absolute Gasteiger partial charge is 0.259 e. The van der Waals surface area contributed by atoms with Gasteiger partial charge in [-0.25, -0.2) is 0 Å². The van der Waals surface area contributed by atoms with Crippen molar-refractivity contribution in [2.45, 2.75) is 26.8 Å². The molecule has 0 bridgehead atoms. The fourth-order valence-electron chi connectivity index (χ4n) is 2.87. The van der Waals surface area contributed by atoms with E-state index in [0.29, 0.717) is 18.7 Å². The van der Waals surface area contributed by atoms with Gasteiger partial charge in [0.2, 0.25) is 0 Å². The molecule has 1 amide bonds. The Bertz CT molecular complexity index is 855. The molecule has 0 unspecified atom stereocenters. The Morgan fingerprint density at radius 2 is 1.81 bits per heavy atom. The third-order valence-corrected chi connectivity index (χ3v) is 4.13. The summed E-state index contributed by atoms with van der Waals surface area (Å²) in [6.07, 6.45) is 2.38. The van der Waals surface area contributed by atoms with Gasteiger partial charge in [-0.1, -0.05) is 37.3 Å². The summed E-state index contributed by atoms with van der Waals surface area (Å²) in [5.41, 5.74) is 3.43. The van der Waals surface area contributed by atoms with Crippen LogP contribution in [-0.4, -0.2) is 22.3 Å². The third-order valence-electron chi connectivity index (χ3n) is 4.13. The molecule has 26 heavy (non-hydrogen) atoms. The first-order valence-corrected chi connectivity index (χ1v) is 8.84. The molecule has 0 atom stereocenters. The van der Waals surface area contributed by atoms with Crippen molar-refractivity contribution in [2.24, 2.45) is 0 Å². The Labute approximate surface area is 153 Å². The molecule has 5 nitrogen and oxygen atoms in total. The van der Waals surface area contributed by atoms with E-state index in [0.717, 1.165) is 29.1 Å². The van der Waals surface area contributed by atoms with Gasteiger partial charge in [0.05, 0.1) is 30.6 Å². The molecule has 3 aromatic rings. The molecule has 1 aromatic heterocycles. The van der Waals surface area contributed by atoms with Crippen LogP contribution in [0.5, 0.6) is 5.75 Å². The first-order chi connectivity index (χ1) is 12.7. The van der Waals surface area contributed by atoms with E-state index in [2.05, 4.69) is 22.5 Å². The van der Waals surface area contributed by atoms with Gasteiger partial charge in [-0.15, -0.1) is 0 Å². The van der Waals surface area contributed by atoms with Crippen LogP contribution in [0, 0.1) is 0 Å². The summed E-state index contributed by atoms with van der Waals surface area (Å²) in [5, 5.41) is 7.35. The molecule has 0 spiro atoms. The lowest BCUT2D eigenvalue weighted by Gasteiger charge is -2.09. The number of carbonyl (C=O) groups is 1. The Balaban J connectivity index is 1.75. The molecular weight excluding hydrogens is 326 g/mol. The second-order valence-electron chi connectivity index (χ2n) is 5.91. The van der Waals surface area contributed by atoms with Crippen molar-refractivity contribution in [3.63, 3.8) is 0 Å². The summed E-state index contributed by atoms with van der Waals surface area (Å²) in [4.78, 5) is 12.7. The second kappa shape index (κ2) is 8.34. The molecule has 5 heteroatoms. The Morgan fingerprint density at radius 3 is 2.46 bits per heavy atom. The number of hydrogen-bond donors (Lipinski definition) is 1. The molecule has 134 valence electrons. The monoisotopic (exact) mass is 349 g/mol. The van der Waals surface area contributed by atoms with Gasteiger partial charge in [-0.3, -0.25) is 9.48 Å². The van der Waals surface area contributed by atoms with Crippen molar-refractivity contribution < 1.29 is 9.53 Å². The van der Waals surface area contributed by atoms with Crippen LogP contribution in [0.25, 0.3) is 0 Å². The van der Waals surface area contributed by atoms with Crippen LogP contribution in [0.3, 0.4) is 0 Å². The quantitative estimate of drug-likeness (QED) is 0.697. The highest BCUT2D eigenvalue weighted by atomic mass is 16.5. The minimum absolute atomic E-state index is 0.148. The number of hydrogen-bond acceptors (Lipinski definition) is 3. The van der Waals surface area contributed by atoms with E-state index in [1.54, 1.807) is 6.20 Å². The highest BCUT2D eigenvalue weighted by Crippen LogP contribution is 2.18. The summed E-state index contributed by atoms with van der Waals surface area (Å²) in [7, 11) is 0. The van der Waals surface area contributed by atoms with E-state index in [-0.39, 0.29) is 5.91 Å². The number of benzene rings is 2. The minimum atomic E-state index is -0.148. The van der Waals surface area contributed by atoms with Crippen LogP contribution in [0.4, 0.5) is 5.69 Å². The first kappa shape index (κ1) is 17.7. The number of rotatable bonds is 7. The molecule has 1 N–H and O–H groups in total. The minimum Gasteiger partial charge on any atom is -0.494 e. The highest BCUT2D eigenvalue weighted by molar-refractivity contribution is 6.05. The van der Waals surface area contributed by atoms with Crippen LogP contribution >= 0.6 is 0 Å². The van der Waals surface area contributed by atoms with Crippen LogP contribution in [0.1, 0.15) is 35.5 Å². The number of anilines is 1. The van der Waals surface area contributed by atoms with Crippen molar-refractivity contribution >= 4 is 11.6 Å². The Hall–Kier alpha value is -3.08. The predicted octanol–water partition coefficient (Wildman–Crippen LogP) is 4.14. The normalized spacial score (nSPS) is 10.5. The predicted molar refractivity (Wildman–Crippen MR) is 103 cm³/mol. The van der Waals surface area contributed by atoms with Gasteiger partial charge in [-0.2, -0.15) is 5.10 Å². The fraction of sp³-hybridized carbons (Fsp3) is 0.238. The van der Waals surface area contributed by atoms with Crippen LogP contribution < -0.4 is 10.1 Å². The van der Waals surface area contributed by atoms with Crippen molar-refractivity contribution in [1.29, 1.82) is 0 Å². The van der Waals surface area contributed by atoms with E-state index in [4.69, 9.17) is 4.74 Å². The molecule has 0 saturated carbocycles. The first-order valence-electron chi connectivity index (χ1n) is 8.84. The van der Waals surface area contributed by atoms with Gasteiger partial charge < -0.3 is 10.1 Å². The number of carbonyl (C=O) groups excluding carboxylic acids is 1. The number of aromatic nitrogens is 2. The van der Waals surface area contributed by atoms with E-state index < -0.39 is 0 Å². The molecular formula is C21H23N3O2. The number of ether oxygens (including phenoxy) is 1. The molecule has 0 aliphatic carbocycles. The van der Waals surface area contributed by atoms with Crippen molar-refractivity contribution in [1.82, 2.24) is 9.78 Å². The van der Waals surface area contributed by atoms with Crippen LogP contribution in [0.2, 0.25) is 0 Å². The third kappa shape index (κ3) is 4.11. The lowest BCUT2D eigenvalue weighted by Crippen LogP contribution is -2.15. The van der Waals surface area contributed by atoms with Gasteiger partial charge in [0, 0.05) is 5.69 Å². The molecule has 0 radical (unpaired) electrons. The van der Waals surface area contributed by atoms with Crippen molar-refractivity contribution in [3.8, 4) is 5.75 Å². The molecule has 0 saturated heterocycles. The zero-order valence-electron chi connectivity index (χ0n) is 15.1. The van der Waals surface area contributed by atoms with E-state index in [9.17, 15) is 4.79 Å². The summed E-state index contributed by atoms with van der Waals surface area (Å²) in [6.45, 7) is 5.24. The highest BCUT2D eigenvalue weighted by Gasteiger charge is 2.16. The maximum Gasteiger partial charge on any atom is 0.259 e. The molecule has 0 aliphatic rings. The maximum atomic E-state index is 12.7. The topological polar surface area (TPSA) is 56.1 Å². The number of amides is 1.